The molecular weight excluding hydrogens is 589 g/mol. The van der Waals surface area contributed by atoms with E-state index >= 15 is 0 Å². The van der Waals surface area contributed by atoms with E-state index in [9.17, 15) is 19.5 Å². The third-order valence-electron chi connectivity index (χ3n) is 5.93. The van der Waals surface area contributed by atoms with Crippen LogP contribution in [0.25, 0.3) is 0 Å². The van der Waals surface area contributed by atoms with Gasteiger partial charge in [-0.2, -0.15) is 0 Å². The molecule has 37 heavy (non-hydrogen) atoms. The Labute approximate surface area is 232 Å². The molecule has 1 saturated heterocycles. The fraction of sp³-hybridized carbons (Fsp3) is 0.593. The normalized spacial score (nSPS) is 22.6. The number of amides is 1. The third-order valence-corrected chi connectivity index (χ3v) is 7.27. The SMILES string of the molecule is CC(C)(C)OC(=O)N[C@@H]1CCCN(C2=C(C(=O)OC(C)(C)C)C(I)(C(=O)O)CN2Cc2ccccc2)C1. The van der Waals surface area contributed by atoms with Crippen LogP contribution in [0.1, 0.15) is 59.9 Å². The molecule has 0 aliphatic carbocycles. The Kier molecular flexibility index (Phi) is 8.71. The Hall–Kier alpha value is -2.50. The number of alkyl halides is 1. The fourth-order valence-electron chi connectivity index (χ4n) is 4.56. The molecule has 2 aliphatic rings. The van der Waals surface area contributed by atoms with E-state index in [0.29, 0.717) is 25.5 Å². The zero-order chi connectivity index (χ0) is 27.6. The fourth-order valence-corrected chi connectivity index (χ4v) is 5.44. The highest BCUT2D eigenvalue weighted by Crippen LogP contribution is 2.43. The number of esters is 1. The highest BCUT2D eigenvalue weighted by molar-refractivity contribution is 14.1. The summed E-state index contributed by atoms with van der Waals surface area (Å²) in [5, 5.41) is 13.2. The van der Waals surface area contributed by atoms with Crippen molar-refractivity contribution in [2.75, 3.05) is 19.6 Å². The van der Waals surface area contributed by atoms with E-state index in [4.69, 9.17) is 9.47 Å². The van der Waals surface area contributed by atoms with Gasteiger partial charge in [-0.25, -0.2) is 9.59 Å². The van der Waals surface area contributed by atoms with E-state index in [1.54, 1.807) is 20.8 Å². The number of alkyl carbamates (subject to hydrolysis) is 1. The van der Waals surface area contributed by atoms with Crippen molar-refractivity contribution in [3.05, 3.63) is 47.3 Å². The molecule has 2 atom stereocenters. The van der Waals surface area contributed by atoms with Crippen molar-refractivity contribution in [3.63, 3.8) is 0 Å². The smallest absolute Gasteiger partial charge is 0.407 e. The molecule has 1 aromatic carbocycles. The minimum atomic E-state index is -1.49. The number of benzene rings is 1. The van der Waals surface area contributed by atoms with Gasteiger partial charge in [0.25, 0.3) is 0 Å². The molecule has 1 amide bonds. The lowest BCUT2D eigenvalue weighted by Crippen LogP contribution is -2.50. The monoisotopic (exact) mass is 627 g/mol. The molecule has 0 aromatic heterocycles. The first kappa shape index (κ1) is 29.1. The second-order valence-electron chi connectivity index (χ2n) is 11.6. The summed E-state index contributed by atoms with van der Waals surface area (Å²) in [5.74, 6) is -1.19. The van der Waals surface area contributed by atoms with Crippen molar-refractivity contribution in [2.24, 2.45) is 0 Å². The van der Waals surface area contributed by atoms with Gasteiger partial charge in [-0.1, -0.05) is 52.9 Å². The van der Waals surface area contributed by atoms with E-state index in [0.717, 1.165) is 18.4 Å². The molecule has 2 aliphatic heterocycles. The first-order valence-corrected chi connectivity index (χ1v) is 13.6. The number of carboxylic acids is 1. The van der Waals surface area contributed by atoms with Crippen molar-refractivity contribution in [3.8, 4) is 0 Å². The summed E-state index contributed by atoms with van der Waals surface area (Å²) < 4.78 is 9.67. The number of halogens is 1. The minimum absolute atomic E-state index is 0.113. The van der Waals surface area contributed by atoms with Crippen LogP contribution < -0.4 is 5.32 Å². The lowest BCUT2D eigenvalue weighted by Gasteiger charge is -2.39. The third kappa shape index (κ3) is 7.52. The quantitative estimate of drug-likeness (QED) is 0.273. The van der Waals surface area contributed by atoms with Gasteiger partial charge in [0.1, 0.15) is 22.6 Å². The maximum Gasteiger partial charge on any atom is 0.407 e. The van der Waals surface area contributed by atoms with Gasteiger partial charge in [0.05, 0.1) is 0 Å². The number of hydrogen-bond donors (Lipinski definition) is 2. The van der Waals surface area contributed by atoms with Gasteiger partial charge in [-0.05, 0) is 59.9 Å². The predicted octanol–water partition coefficient (Wildman–Crippen LogP) is 4.30. The standard InChI is InChI=1S/C27H38IN3O6/c1-25(2,3)36-22(32)20-21(30-14-10-13-19(16-30)29-24(35)37-26(4,5)6)31(17-27(20,28)23(33)34)15-18-11-8-7-9-12-18/h7-9,11-12,19H,10,13-17H2,1-6H3,(H,29,35)(H,33,34)/t19-,27?/m1/s1. The highest BCUT2D eigenvalue weighted by Gasteiger charge is 2.54. The summed E-state index contributed by atoms with van der Waals surface area (Å²) >= 11 is 1.88. The van der Waals surface area contributed by atoms with Crippen LogP contribution in [-0.4, -0.2) is 73.2 Å². The van der Waals surface area contributed by atoms with Crippen LogP contribution in [0.5, 0.6) is 0 Å². The number of carboxylic acid groups (broad SMARTS) is 1. The number of nitrogens with one attached hydrogen (secondary N) is 1. The molecule has 0 spiro atoms. The van der Waals surface area contributed by atoms with Crippen molar-refractivity contribution in [1.82, 2.24) is 15.1 Å². The van der Waals surface area contributed by atoms with Gasteiger partial charge >= 0.3 is 18.0 Å². The van der Waals surface area contributed by atoms with Crippen molar-refractivity contribution < 1.29 is 29.0 Å². The van der Waals surface area contributed by atoms with Gasteiger partial charge in [-0.15, -0.1) is 0 Å². The Morgan fingerprint density at radius 2 is 1.70 bits per heavy atom. The molecule has 1 aromatic rings. The van der Waals surface area contributed by atoms with E-state index in [-0.39, 0.29) is 18.2 Å². The van der Waals surface area contributed by atoms with Crippen LogP contribution in [0.2, 0.25) is 0 Å². The summed E-state index contributed by atoms with van der Waals surface area (Å²) in [7, 11) is 0. The molecule has 10 heteroatoms. The number of piperidine rings is 1. The second kappa shape index (κ2) is 11.1. The Balaban J connectivity index is 2.01. The molecule has 2 heterocycles. The topological polar surface area (TPSA) is 108 Å². The maximum absolute atomic E-state index is 13.6. The van der Waals surface area contributed by atoms with Gasteiger partial charge in [0.2, 0.25) is 0 Å². The summed E-state index contributed by atoms with van der Waals surface area (Å²) in [6, 6.07) is 9.51. The van der Waals surface area contributed by atoms with E-state index in [1.165, 1.54) is 0 Å². The molecule has 1 fully saturated rings. The van der Waals surface area contributed by atoms with Gasteiger partial charge in [0.15, 0.2) is 3.42 Å². The van der Waals surface area contributed by atoms with Crippen molar-refractivity contribution in [2.45, 2.75) is 81.6 Å². The Morgan fingerprint density at radius 1 is 1.08 bits per heavy atom. The lowest BCUT2D eigenvalue weighted by molar-refractivity contribution is -0.152. The molecular formula is C27H38IN3O6. The van der Waals surface area contributed by atoms with Crippen LogP contribution in [0.3, 0.4) is 0 Å². The predicted molar refractivity (Wildman–Crippen MR) is 148 cm³/mol. The Morgan fingerprint density at radius 3 is 2.27 bits per heavy atom. The summed E-state index contributed by atoms with van der Waals surface area (Å²) in [6.07, 6.45) is 1.01. The number of ether oxygens (including phenoxy) is 2. The van der Waals surface area contributed by atoms with Crippen LogP contribution >= 0.6 is 22.6 Å². The number of likely N-dealkylation sites (tertiary alicyclic amines) is 1. The maximum atomic E-state index is 13.6. The second-order valence-corrected chi connectivity index (χ2v) is 13.4. The highest BCUT2D eigenvalue weighted by atomic mass is 127. The lowest BCUT2D eigenvalue weighted by atomic mass is 10.00. The van der Waals surface area contributed by atoms with Crippen molar-refractivity contribution in [1.29, 1.82) is 0 Å². The molecule has 0 bridgehead atoms. The zero-order valence-electron chi connectivity index (χ0n) is 22.5. The van der Waals surface area contributed by atoms with Crippen LogP contribution in [0.15, 0.2) is 41.7 Å². The average molecular weight is 628 g/mol. The van der Waals surface area contributed by atoms with Crippen LogP contribution in [-0.2, 0) is 25.6 Å². The van der Waals surface area contributed by atoms with Gasteiger partial charge in [-0.3, -0.25) is 4.79 Å². The molecule has 9 nitrogen and oxygen atoms in total. The number of carbonyl (C=O) groups is 3. The summed E-state index contributed by atoms with van der Waals surface area (Å²) in [6.45, 7) is 12.3. The van der Waals surface area contributed by atoms with Gasteiger partial charge < -0.3 is 29.7 Å². The number of nitrogens with zero attached hydrogens (tertiary/aromatic N) is 2. The van der Waals surface area contributed by atoms with E-state index < -0.39 is 32.7 Å². The largest absolute Gasteiger partial charge is 0.480 e. The van der Waals surface area contributed by atoms with Gasteiger partial charge in [0, 0.05) is 32.2 Å². The number of hydrogen-bond acceptors (Lipinski definition) is 7. The number of rotatable bonds is 6. The van der Waals surface area contributed by atoms with Crippen LogP contribution in [0.4, 0.5) is 4.79 Å². The minimum Gasteiger partial charge on any atom is -0.480 e. The first-order valence-electron chi connectivity index (χ1n) is 12.5. The zero-order valence-corrected chi connectivity index (χ0v) is 24.6. The number of carbonyl (C=O) groups excluding carboxylic acids is 2. The van der Waals surface area contributed by atoms with E-state index in [2.05, 4.69) is 5.32 Å². The summed E-state index contributed by atoms with van der Waals surface area (Å²) in [5.41, 5.74) is -0.286. The molecule has 3 rings (SSSR count). The molecule has 0 radical (unpaired) electrons. The summed E-state index contributed by atoms with van der Waals surface area (Å²) in [4.78, 5) is 42.6. The Bertz CT molecular complexity index is 1050. The molecule has 0 saturated carbocycles. The molecule has 1 unspecified atom stereocenters. The van der Waals surface area contributed by atoms with Crippen LogP contribution in [0, 0.1) is 0 Å². The average Bonchev–Trinajstić information content (AvgIpc) is 3.05. The molecule has 204 valence electrons. The first-order chi connectivity index (χ1) is 17.1. The van der Waals surface area contributed by atoms with Crippen molar-refractivity contribution >= 4 is 40.6 Å². The number of aliphatic carboxylic acids is 1. The van der Waals surface area contributed by atoms with E-state index in [1.807, 2.05) is 83.5 Å². The molecule has 2 N–H and O–H groups in total.